The van der Waals surface area contributed by atoms with E-state index in [4.69, 9.17) is 4.74 Å². The number of carbonyl (C=O) groups excluding carboxylic acids is 1. The highest BCUT2D eigenvalue weighted by Gasteiger charge is 1.94. The number of allylic oxidation sites excluding steroid dienone is 9. The van der Waals surface area contributed by atoms with Crippen molar-refractivity contribution < 1.29 is 9.53 Å². The molecular formula is C18H22O2. The number of hydrogen-bond donors (Lipinski definition) is 0. The number of ether oxygens (including phenoxy) is 1. The highest BCUT2D eigenvalue weighted by atomic mass is 16.5. The normalized spacial score (nSPS) is 12.7. The molecule has 0 heterocycles. The van der Waals surface area contributed by atoms with Crippen molar-refractivity contribution in [1.29, 1.82) is 0 Å². The fourth-order valence-corrected chi connectivity index (χ4v) is 1.31. The zero-order valence-corrected chi connectivity index (χ0v) is 12.0. The molecule has 0 aliphatic carbocycles. The summed E-state index contributed by atoms with van der Waals surface area (Å²) in [6.45, 7) is 13.2. The SMILES string of the molecule is C=C/C=C(C=C)/C=C/C(=O)OC/C=C\C(C=C)=C/CC. The zero-order chi connectivity index (χ0) is 15.2. The lowest BCUT2D eigenvalue weighted by atomic mass is 10.2. The molecule has 0 amide bonds. The first kappa shape index (κ1) is 17.6. The number of rotatable bonds is 9. The molecule has 0 saturated heterocycles. The molecule has 0 N–H and O–H groups in total. The van der Waals surface area contributed by atoms with Gasteiger partial charge in [-0.1, -0.05) is 63.1 Å². The van der Waals surface area contributed by atoms with E-state index in [0.717, 1.165) is 17.6 Å². The number of carbonyl (C=O) groups is 1. The zero-order valence-electron chi connectivity index (χ0n) is 12.0. The number of hydrogen-bond acceptors (Lipinski definition) is 2. The molecule has 0 bridgehead atoms. The lowest BCUT2D eigenvalue weighted by molar-refractivity contribution is -0.136. The van der Waals surface area contributed by atoms with Crippen molar-refractivity contribution in [2.45, 2.75) is 13.3 Å². The first-order chi connectivity index (χ1) is 9.67. The topological polar surface area (TPSA) is 26.3 Å². The van der Waals surface area contributed by atoms with Crippen LogP contribution in [0.15, 0.2) is 85.6 Å². The highest BCUT2D eigenvalue weighted by Crippen LogP contribution is 2.01. The quantitative estimate of drug-likeness (QED) is 0.351. The van der Waals surface area contributed by atoms with E-state index in [-0.39, 0.29) is 6.61 Å². The van der Waals surface area contributed by atoms with Gasteiger partial charge in [0.1, 0.15) is 6.61 Å². The molecule has 0 aliphatic rings. The first-order valence-electron chi connectivity index (χ1n) is 6.47. The van der Waals surface area contributed by atoms with Gasteiger partial charge in [0.05, 0.1) is 0 Å². The summed E-state index contributed by atoms with van der Waals surface area (Å²) in [5.41, 5.74) is 1.81. The molecule has 0 fully saturated rings. The summed E-state index contributed by atoms with van der Waals surface area (Å²) in [4.78, 5) is 11.4. The van der Waals surface area contributed by atoms with Gasteiger partial charge >= 0.3 is 5.97 Å². The standard InChI is InChI=1S/C18H22O2/c1-5-10-16(7-3)12-9-15-20-18(19)14-13-17(8-4)11-6-2/h6-14H,2-5,15H2,1H3/b12-9-,14-13+,16-10-,17-11+. The summed E-state index contributed by atoms with van der Waals surface area (Å²) in [5, 5.41) is 0. The van der Waals surface area contributed by atoms with Gasteiger partial charge in [0.25, 0.3) is 0 Å². The van der Waals surface area contributed by atoms with Gasteiger partial charge in [0.15, 0.2) is 0 Å². The molecule has 0 spiro atoms. The summed E-state index contributed by atoms with van der Waals surface area (Å²) in [7, 11) is 0. The Bertz CT molecular complexity index is 460. The second-order valence-corrected chi connectivity index (χ2v) is 3.79. The van der Waals surface area contributed by atoms with Gasteiger partial charge < -0.3 is 4.74 Å². The average Bonchev–Trinajstić information content (AvgIpc) is 2.46. The third-order valence-electron chi connectivity index (χ3n) is 2.27. The van der Waals surface area contributed by atoms with Crippen molar-refractivity contribution in [3.05, 3.63) is 85.6 Å². The molecule has 0 aliphatic heterocycles. The molecule has 0 aromatic heterocycles. The second kappa shape index (κ2) is 11.7. The van der Waals surface area contributed by atoms with E-state index in [1.807, 2.05) is 12.2 Å². The molecular weight excluding hydrogens is 248 g/mol. The largest absolute Gasteiger partial charge is 0.458 e. The van der Waals surface area contributed by atoms with Crippen LogP contribution in [0.2, 0.25) is 0 Å². The summed E-state index contributed by atoms with van der Waals surface area (Å²) in [6, 6.07) is 0. The van der Waals surface area contributed by atoms with Crippen LogP contribution in [0.5, 0.6) is 0 Å². The smallest absolute Gasteiger partial charge is 0.331 e. The van der Waals surface area contributed by atoms with Gasteiger partial charge in [-0.3, -0.25) is 0 Å². The monoisotopic (exact) mass is 270 g/mol. The molecule has 0 aromatic rings. The minimum Gasteiger partial charge on any atom is -0.458 e. The van der Waals surface area contributed by atoms with Crippen molar-refractivity contribution >= 4 is 5.97 Å². The summed E-state index contributed by atoms with van der Waals surface area (Å²) in [5.74, 6) is -0.397. The van der Waals surface area contributed by atoms with Crippen molar-refractivity contribution in [1.82, 2.24) is 0 Å². The third kappa shape index (κ3) is 8.70. The van der Waals surface area contributed by atoms with E-state index < -0.39 is 5.97 Å². The Labute approximate surface area is 121 Å². The van der Waals surface area contributed by atoms with E-state index in [0.29, 0.717) is 0 Å². The minimum atomic E-state index is -0.397. The molecule has 0 unspecified atom stereocenters. The van der Waals surface area contributed by atoms with Crippen molar-refractivity contribution in [2.24, 2.45) is 0 Å². The predicted molar refractivity (Wildman–Crippen MR) is 86.3 cm³/mol. The summed E-state index contributed by atoms with van der Waals surface area (Å²) >= 11 is 0. The molecule has 0 radical (unpaired) electrons. The van der Waals surface area contributed by atoms with Crippen LogP contribution in [0.4, 0.5) is 0 Å². The van der Waals surface area contributed by atoms with E-state index in [2.05, 4.69) is 26.7 Å². The summed E-state index contributed by atoms with van der Waals surface area (Å²) < 4.78 is 5.03. The lowest BCUT2D eigenvalue weighted by Gasteiger charge is -1.97. The van der Waals surface area contributed by atoms with Crippen LogP contribution >= 0.6 is 0 Å². The lowest BCUT2D eigenvalue weighted by Crippen LogP contribution is -2.00. The Hall–Kier alpha value is -2.35. The molecule has 0 aromatic carbocycles. The Morgan fingerprint density at radius 1 is 1.05 bits per heavy atom. The van der Waals surface area contributed by atoms with Crippen molar-refractivity contribution in [2.75, 3.05) is 6.61 Å². The van der Waals surface area contributed by atoms with Crippen LogP contribution in [0.1, 0.15) is 13.3 Å². The van der Waals surface area contributed by atoms with Gasteiger partial charge in [-0.25, -0.2) is 4.79 Å². The maximum Gasteiger partial charge on any atom is 0.331 e. The molecule has 2 heteroatoms. The van der Waals surface area contributed by atoms with Crippen LogP contribution in [0.25, 0.3) is 0 Å². The average molecular weight is 270 g/mol. The molecule has 0 saturated carbocycles. The van der Waals surface area contributed by atoms with Crippen LogP contribution in [-0.2, 0) is 9.53 Å². The van der Waals surface area contributed by atoms with E-state index >= 15 is 0 Å². The second-order valence-electron chi connectivity index (χ2n) is 3.79. The van der Waals surface area contributed by atoms with Gasteiger partial charge in [-0.05, 0) is 29.7 Å². The van der Waals surface area contributed by atoms with Crippen LogP contribution in [-0.4, -0.2) is 12.6 Å². The maximum atomic E-state index is 11.4. The maximum absolute atomic E-state index is 11.4. The molecule has 0 rings (SSSR count). The van der Waals surface area contributed by atoms with Gasteiger partial charge in [0, 0.05) is 6.08 Å². The van der Waals surface area contributed by atoms with E-state index in [1.165, 1.54) is 6.08 Å². The van der Waals surface area contributed by atoms with Gasteiger partial charge in [-0.2, -0.15) is 0 Å². The fourth-order valence-electron chi connectivity index (χ4n) is 1.31. The van der Waals surface area contributed by atoms with Gasteiger partial charge in [-0.15, -0.1) is 0 Å². The molecule has 106 valence electrons. The van der Waals surface area contributed by atoms with E-state index in [1.54, 1.807) is 36.5 Å². The minimum absolute atomic E-state index is 0.229. The van der Waals surface area contributed by atoms with Crippen LogP contribution in [0, 0.1) is 0 Å². The van der Waals surface area contributed by atoms with Gasteiger partial charge in [0.2, 0.25) is 0 Å². The van der Waals surface area contributed by atoms with Crippen molar-refractivity contribution in [3.8, 4) is 0 Å². The number of esters is 1. The van der Waals surface area contributed by atoms with Crippen molar-refractivity contribution in [3.63, 3.8) is 0 Å². The molecule has 20 heavy (non-hydrogen) atoms. The highest BCUT2D eigenvalue weighted by molar-refractivity contribution is 5.82. The Morgan fingerprint density at radius 2 is 1.75 bits per heavy atom. The predicted octanol–water partition coefficient (Wildman–Crippen LogP) is 4.46. The van der Waals surface area contributed by atoms with Crippen LogP contribution < -0.4 is 0 Å². The molecule has 0 atom stereocenters. The van der Waals surface area contributed by atoms with E-state index in [9.17, 15) is 4.79 Å². The molecule has 2 nitrogen and oxygen atoms in total. The van der Waals surface area contributed by atoms with Crippen LogP contribution in [0.3, 0.4) is 0 Å². The Morgan fingerprint density at radius 3 is 2.30 bits per heavy atom. The summed E-state index contributed by atoms with van der Waals surface area (Å²) in [6.07, 6.45) is 16.4. The Kier molecular flexibility index (Phi) is 10.3. The third-order valence-corrected chi connectivity index (χ3v) is 2.27. The fraction of sp³-hybridized carbons (Fsp3) is 0.167. The first-order valence-corrected chi connectivity index (χ1v) is 6.47. The Balaban J connectivity index is 4.27.